The summed E-state index contributed by atoms with van der Waals surface area (Å²) in [5.41, 5.74) is 1.03. The van der Waals surface area contributed by atoms with Crippen molar-refractivity contribution in [1.82, 2.24) is 9.62 Å². The van der Waals surface area contributed by atoms with Gasteiger partial charge in [-0.25, -0.2) is 8.42 Å². The third-order valence-electron chi connectivity index (χ3n) is 5.17. The Hall–Kier alpha value is -2.90. The highest BCUT2D eigenvalue weighted by Crippen LogP contribution is 2.30. The van der Waals surface area contributed by atoms with Crippen LogP contribution in [0, 0.1) is 0 Å². The summed E-state index contributed by atoms with van der Waals surface area (Å²) < 4.78 is 32.7. The largest absolute Gasteiger partial charge is 0.491 e. The van der Waals surface area contributed by atoms with E-state index in [0.717, 1.165) is 26.4 Å². The van der Waals surface area contributed by atoms with Crippen LogP contribution < -0.4 is 10.1 Å². The second-order valence-corrected chi connectivity index (χ2v) is 10.8. The molecular formula is C25H30N2O4S. The Balaban J connectivity index is 1.54. The van der Waals surface area contributed by atoms with Crippen molar-refractivity contribution in [2.75, 3.05) is 26.7 Å². The molecule has 0 spiro atoms. The number of sulfonamides is 1. The maximum absolute atomic E-state index is 12.9. The van der Waals surface area contributed by atoms with Crippen molar-refractivity contribution in [3.63, 3.8) is 0 Å². The molecule has 0 unspecified atom stereocenters. The number of nitrogens with zero attached hydrogens (tertiary/aromatic N) is 1. The van der Waals surface area contributed by atoms with Gasteiger partial charge < -0.3 is 10.1 Å². The fourth-order valence-electron chi connectivity index (χ4n) is 3.41. The quantitative estimate of drug-likeness (QED) is 0.523. The van der Waals surface area contributed by atoms with Crippen molar-refractivity contribution in [2.45, 2.75) is 31.1 Å². The molecule has 7 heteroatoms. The molecule has 6 nitrogen and oxygen atoms in total. The van der Waals surface area contributed by atoms with Crippen LogP contribution in [-0.2, 0) is 20.2 Å². The number of likely N-dealkylation sites (N-methyl/N-ethyl adjacent to an activating group) is 1. The summed E-state index contributed by atoms with van der Waals surface area (Å²) in [7, 11) is -2.38. The van der Waals surface area contributed by atoms with E-state index in [1.165, 1.54) is 7.05 Å². The van der Waals surface area contributed by atoms with Crippen LogP contribution in [0.25, 0.3) is 10.8 Å². The van der Waals surface area contributed by atoms with Crippen LogP contribution in [0.3, 0.4) is 0 Å². The Morgan fingerprint density at radius 2 is 1.62 bits per heavy atom. The number of rotatable bonds is 8. The molecule has 3 aromatic carbocycles. The van der Waals surface area contributed by atoms with E-state index in [0.29, 0.717) is 6.61 Å². The third-order valence-corrected chi connectivity index (χ3v) is 6.97. The van der Waals surface area contributed by atoms with Crippen LogP contribution in [0.4, 0.5) is 0 Å². The van der Waals surface area contributed by atoms with Gasteiger partial charge in [-0.2, -0.15) is 4.31 Å². The molecule has 1 N–H and O–H groups in total. The number of benzene rings is 3. The summed E-state index contributed by atoms with van der Waals surface area (Å²) >= 11 is 0. The molecule has 0 aromatic heterocycles. The monoisotopic (exact) mass is 454 g/mol. The van der Waals surface area contributed by atoms with E-state index in [2.05, 4.69) is 26.1 Å². The first-order valence-electron chi connectivity index (χ1n) is 10.5. The average molecular weight is 455 g/mol. The number of para-hydroxylation sites is 1. The van der Waals surface area contributed by atoms with Crippen molar-refractivity contribution >= 4 is 26.7 Å². The highest BCUT2D eigenvalue weighted by Gasteiger charge is 2.23. The predicted octanol–water partition coefficient (Wildman–Crippen LogP) is 3.95. The van der Waals surface area contributed by atoms with E-state index < -0.39 is 10.0 Å². The van der Waals surface area contributed by atoms with Crippen LogP contribution in [0.2, 0.25) is 0 Å². The molecule has 0 saturated carbocycles. The Labute approximate surface area is 190 Å². The van der Waals surface area contributed by atoms with Gasteiger partial charge in [0.15, 0.2) is 0 Å². The molecule has 3 aromatic rings. The van der Waals surface area contributed by atoms with Crippen molar-refractivity contribution in [3.8, 4) is 5.75 Å². The van der Waals surface area contributed by atoms with Crippen LogP contribution in [0.15, 0.2) is 71.6 Å². The Bertz CT molecular complexity index is 1200. The number of hydrogen-bond donors (Lipinski definition) is 1. The third kappa shape index (κ3) is 5.66. The van der Waals surface area contributed by atoms with Gasteiger partial charge in [0.05, 0.1) is 18.0 Å². The lowest BCUT2D eigenvalue weighted by molar-refractivity contribution is -0.121. The SMILES string of the molecule is CN(CC(=O)NCCOc1ccccc1C(C)(C)C)S(=O)(=O)c1ccc2ccccc2c1. The molecule has 32 heavy (non-hydrogen) atoms. The zero-order chi connectivity index (χ0) is 23.4. The molecule has 170 valence electrons. The summed E-state index contributed by atoms with van der Waals surface area (Å²) in [4.78, 5) is 12.5. The van der Waals surface area contributed by atoms with Crippen LogP contribution in [0.5, 0.6) is 5.75 Å². The van der Waals surface area contributed by atoms with E-state index in [1.807, 2.05) is 48.5 Å². The molecule has 0 fully saturated rings. The van der Waals surface area contributed by atoms with Crippen molar-refractivity contribution in [2.24, 2.45) is 0 Å². The van der Waals surface area contributed by atoms with Gasteiger partial charge in [0.2, 0.25) is 15.9 Å². The van der Waals surface area contributed by atoms with Gasteiger partial charge in [0.1, 0.15) is 12.4 Å². The number of hydrogen-bond acceptors (Lipinski definition) is 4. The molecule has 0 bridgehead atoms. The fourth-order valence-corrected chi connectivity index (χ4v) is 4.58. The number of amides is 1. The summed E-state index contributed by atoms with van der Waals surface area (Å²) in [6.07, 6.45) is 0. The molecule has 0 saturated heterocycles. The van der Waals surface area contributed by atoms with E-state index in [4.69, 9.17) is 4.74 Å². The normalized spacial score (nSPS) is 12.2. The van der Waals surface area contributed by atoms with Gasteiger partial charge in [-0.05, 0) is 39.9 Å². The molecule has 0 atom stereocenters. The number of carbonyl (C=O) groups is 1. The van der Waals surface area contributed by atoms with Gasteiger partial charge in [-0.1, -0.05) is 69.3 Å². The fraction of sp³-hybridized carbons (Fsp3) is 0.320. The zero-order valence-electron chi connectivity index (χ0n) is 19.0. The highest BCUT2D eigenvalue weighted by molar-refractivity contribution is 7.89. The lowest BCUT2D eigenvalue weighted by Gasteiger charge is -2.22. The van der Waals surface area contributed by atoms with Gasteiger partial charge in [0, 0.05) is 7.05 Å². The molecular weight excluding hydrogens is 424 g/mol. The summed E-state index contributed by atoms with van der Waals surface area (Å²) in [6, 6.07) is 20.3. The number of nitrogens with one attached hydrogen (secondary N) is 1. The first kappa shape index (κ1) is 23.8. The Morgan fingerprint density at radius 1 is 0.969 bits per heavy atom. The highest BCUT2D eigenvalue weighted by atomic mass is 32.2. The summed E-state index contributed by atoms with van der Waals surface area (Å²) in [5.74, 6) is 0.398. The molecule has 1 amide bonds. The molecule has 0 heterocycles. The van der Waals surface area contributed by atoms with Crippen molar-refractivity contribution < 1.29 is 17.9 Å². The molecule has 0 radical (unpaired) electrons. The van der Waals surface area contributed by atoms with Gasteiger partial charge in [0.25, 0.3) is 0 Å². The van der Waals surface area contributed by atoms with E-state index in [1.54, 1.807) is 18.2 Å². The summed E-state index contributed by atoms with van der Waals surface area (Å²) in [5, 5.41) is 4.52. The maximum atomic E-state index is 12.9. The topological polar surface area (TPSA) is 75.7 Å². The lowest BCUT2D eigenvalue weighted by atomic mass is 9.86. The van der Waals surface area contributed by atoms with Crippen LogP contribution in [-0.4, -0.2) is 45.4 Å². The molecule has 0 aliphatic carbocycles. The van der Waals surface area contributed by atoms with E-state index in [-0.39, 0.29) is 29.3 Å². The van der Waals surface area contributed by atoms with Crippen LogP contribution in [0.1, 0.15) is 26.3 Å². The second-order valence-electron chi connectivity index (χ2n) is 8.71. The lowest BCUT2D eigenvalue weighted by Crippen LogP contribution is -2.39. The first-order valence-corrected chi connectivity index (χ1v) is 12.0. The Morgan fingerprint density at radius 3 is 2.34 bits per heavy atom. The van der Waals surface area contributed by atoms with Gasteiger partial charge in [-0.15, -0.1) is 0 Å². The minimum absolute atomic E-state index is 0.0559. The second kappa shape index (κ2) is 9.71. The van der Waals surface area contributed by atoms with Gasteiger partial charge >= 0.3 is 0 Å². The molecule has 3 rings (SSSR count). The van der Waals surface area contributed by atoms with Crippen molar-refractivity contribution in [3.05, 3.63) is 72.3 Å². The summed E-state index contributed by atoms with van der Waals surface area (Å²) in [6.45, 7) is 6.64. The predicted molar refractivity (Wildman–Crippen MR) is 127 cm³/mol. The van der Waals surface area contributed by atoms with E-state index in [9.17, 15) is 13.2 Å². The zero-order valence-corrected chi connectivity index (χ0v) is 19.8. The van der Waals surface area contributed by atoms with Crippen LogP contribution >= 0.6 is 0 Å². The van der Waals surface area contributed by atoms with Gasteiger partial charge in [-0.3, -0.25) is 4.79 Å². The smallest absolute Gasteiger partial charge is 0.243 e. The molecule has 0 aliphatic heterocycles. The molecule has 0 aliphatic rings. The van der Waals surface area contributed by atoms with Crippen molar-refractivity contribution in [1.29, 1.82) is 0 Å². The maximum Gasteiger partial charge on any atom is 0.243 e. The first-order chi connectivity index (χ1) is 15.1. The number of carbonyl (C=O) groups excluding carboxylic acids is 1. The minimum atomic E-state index is -3.78. The number of ether oxygens (including phenoxy) is 1. The Kier molecular flexibility index (Phi) is 7.21. The minimum Gasteiger partial charge on any atom is -0.491 e. The standard InChI is InChI=1S/C25H30N2O4S/c1-25(2,3)22-11-7-8-12-23(22)31-16-15-26-24(28)18-27(4)32(29,30)21-14-13-19-9-5-6-10-20(19)17-21/h5-14,17H,15-16,18H2,1-4H3,(H,26,28). The van der Waals surface area contributed by atoms with E-state index >= 15 is 0 Å². The number of fused-ring (bicyclic) bond motifs is 1. The average Bonchev–Trinajstić information content (AvgIpc) is 2.76.